The van der Waals surface area contributed by atoms with Crippen LogP contribution in [-0.4, -0.2) is 12.6 Å². The van der Waals surface area contributed by atoms with Crippen LogP contribution in [0.15, 0.2) is 66.7 Å². The van der Waals surface area contributed by atoms with E-state index >= 15 is 0 Å². The highest BCUT2D eigenvalue weighted by atomic mass is 16.7. The smallest absolute Gasteiger partial charge is 0.231 e. The van der Waals surface area contributed by atoms with Crippen LogP contribution >= 0.6 is 0 Å². The minimum Gasteiger partial charge on any atom is -0.454 e. The molecule has 0 spiro atoms. The Hall–Kier alpha value is -3.11. The number of rotatable bonds is 6. The molecule has 148 valence electrons. The molecule has 5 rings (SSSR count). The third kappa shape index (κ3) is 3.30. The first-order chi connectivity index (χ1) is 14.2. The van der Waals surface area contributed by atoms with Gasteiger partial charge >= 0.3 is 0 Å². The zero-order valence-corrected chi connectivity index (χ0v) is 16.2. The highest BCUT2D eigenvalue weighted by Gasteiger charge is 2.50. The fraction of sp³-hybridized carbons (Fsp3) is 0.240. The second-order valence-corrected chi connectivity index (χ2v) is 7.85. The number of nitrogens with two attached hydrogens (primary N) is 1. The summed E-state index contributed by atoms with van der Waals surface area (Å²) in [4.78, 5) is 13.2. The van der Waals surface area contributed by atoms with Gasteiger partial charge in [-0.1, -0.05) is 54.6 Å². The number of hydrogen-bond acceptors (Lipinski definition) is 4. The van der Waals surface area contributed by atoms with Gasteiger partial charge in [0.1, 0.15) is 5.78 Å². The van der Waals surface area contributed by atoms with Crippen molar-refractivity contribution < 1.29 is 15.7 Å². The van der Waals surface area contributed by atoms with Gasteiger partial charge in [-0.15, -0.1) is 0 Å². The summed E-state index contributed by atoms with van der Waals surface area (Å²) < 4.78 is 10.9. The Morgan fingerprint density at radius 2 is 1.69 bits per heavy atom. The zero-order valence-electron chi connectivity index (χ0n) is 16.2. The van der Waals surface area contributed by atoms with Crippen molar-refractivity contribution in [2.75, 3.05) is 6.79 Å². The lowest BCUT2D eigenvalue weighted by atomic mass is 9.87. The van der Waals surface area contributed by atoms with Crippen molar-refractivity contribution in [3.63, 3.8) is 0 Å². The van der Waals surface area contributed by atoms with E-state index in [1.807, 2.05) is 42.5 Å². The van der Waals surface area contributed by atoms with Crippen molar-refractivity contribution in [1.82, 2.24) is 0 Å². The van der Waals surface area contributed by atoms with Crippen LogP contribution in [0.5, 0.6) is 11.5 Å². The third-order valence-corrected chi connectivity index (χ3v) is 6.02. The molecule has 0 unspecified atom stereocenters. The molecule has 29 heavy (non-hydrogen) atoms. The number of carbonyl (C=O) groups is 1. The molecule has 2 aliphatic rings. The van der Waals surface area contributed by atoms with Gasteiger partial charge in [0.05, 0.1) is 5.41 Å². The third-order valence-electron chi connectivity index (χ3n) is 6.02. The first-order valence-corrected chi connectivity index (χ1v) is 10.00. The predicted molar refractivity (Wildman–Crippen MR) is 114 cm³/mol. The second-order valence-electron chi connectivity index (χ2n) is 7.85. The number of Topliss-reactive ketones (excluding diaryl/α,β-unsaturated/α-hetero) is 1. The molecule has 1 fully saturated rings. The maximum Gasteiger partial charge on any atom is 0.231 e. The lowest BCUT2D eigenvalue weighted by Crippen LogP contribution is -2.22. The van der Waals surface area contributed by atoms with Crippen molar-refractivity contribution in [1.29, 1.82) is 0 Å². The number of fused-ring (bicyclic) bond motifs is 1. The zero-order chi connectivity index (χ0) is 19.8. The average Bonchev–Trinajstić information content (AvgIpc) is 3.45. The molecule has 4 nitrogen and oxygen atoms in total. The molecule has 0 bridgehead atoms. The van der Waals surface area contributed by atoms with Crippen LogP contribution in [0.2, 0.25) is 0 Å². The SMILES string of the molecule is NCc1ccc(-c2cccc(CC(=O)C3(c4ccc5c(c4)OCO5)CC3)c2)cc1.[HH]. The van der Waals surface area contributed by atoms with Gasteiger partial charge in [0.25, 0.3) is 0 Å². The molecule has 0 amide bonds. The summed E-state index contributed by atoms with van der Waals surface area (Å²) in [6.45, 7) is 0.787. The molecular weight excluding hydrogens is 362 g/mol. The van der Waals surface area contributed by atoms with E-state index in [2.05, 4.69) is 24.3 Å². The van der Waals surface area contributed by atoms with Crippen LogP contribution in [0.3, 0.4) is 0 Å². The summed E-state index contributed by atoms with van der Waals surface area (Å²) in [6, 6.07) is 22.4. The van der Waals surface area contributed by atoms with Crippen molar-refractivity contribution in [3.8, 4) is 22.6 Å². The molecule has 0 saturated heterocycles. The molecule has 0 atom stereocenters. The molecule has 3 aromatic carbocycles. The molecule has 0 radical (unpaired) electrons. The van der Waals surface area contributed by atoms with Crippen LogP contribution in [0.1, 0.15) is 31.0 Å². The van der Waals surface area contributed by atoms with E-state index < -0.39 is 0 Å². The molecule has 1 aliphatic carbocycles. The number of benzene rings is 3. The summed E-state index contributed by atoms with van der Waals surface area (Å²) >= 11 is 0. The van der Waals surface area contributed by atoms with Crippen LogP contribution in [0.25, 0.3) is 11.1 Å². The van der Waals surface area contributed by atoms with Crippen LogP contribution < -0.4 is 15.2 Å². The summed E-state index contributed by atoms with van der Waals surface area (Å²) in [5, 5.41) is 0. The molecule has 3 aromatic rings. The van der Waals surface area contributed by atoms with Gasteiger partial charge in [-0.3, -0.25) is 4.79 Å². The van der Waals surface area contributed by atoms with E-state index in [0.29, 0.717) is 13.0 Å². The van der Waals surface area contributed by atoms with E-state index in [0.717, 1.165) is 52.2 Å². The minimum absolute atomic E-state index is 0. The highest BCUT2D eigenvalue weighted by molar-refractivity contribution is 5.95. The standard InChI is InChI=1S/C25H23NO3.H2/c26-15-17-4-6-19(7-5-17)20-3-1-2-18(12-20)13-24(27)25(10-11-25)21-8-9-22-23(14-21)29-16-28-22;/h1-9,12,14H,10-11,13,15-16,26H2;1H. The molecule has 1 saturated carbocycles. The van der Waals surface area contributed by atoms with Crippen molar-refractivity contribution in [2.24, 2.45) is 5.73 Å². The molecule has 1 aliphatic heterocycles. The summed E-state index contributed by atoms with van der Waals surface area (Å²) in [5.74, 6) is 1.77. The average molecular weight is 387 g/mol. The van der Waals surface area contributed by atoms with Crippen LogP contribution in [0.4, 0.5) is 0 Å². The van der Waals surface area contributed by atoms with Crippen molar-refractivity contribution >= 4 is 5.78 Å². The Balaban J connectivity index is 0.00000218. The minimum atomic E-state index is -0.375. The maximum absolute atomic E-state index is 13.2. The number of hydrogen-bond donors (Lipinski definition) is 1. The quantitative estimate of drug-likeness (QED) is 0.670. The fourth-order valence-corrected chi connectivity index (χ4v) is 4.10. The van der Waals surface area contributed by atoms with Gasteiger partial charge in [-0.05, 0) is 52.8 Å². The molecule has 2 N–H and O–H groups in total. The van der Waals surface area contributed by atoms with Crippen LogP contribution in [-0.2, 0) is 23.2 Å². The summed E-state index contributed by atoms with van der Waals surface area (Å²) in [6.07, 6.45) is 2.22. The summed E-state index contributed by atoms with van der Waals surface area (Å²) in [5.41, 5.74) is 10.8. The van der Waals surface area contributed by atoms with Gasteiger partial charge in [0.15, 0.2) is 11.5 Å². The summed E-state index contributed by atoms with van der Waals surface area (Å²) in [7, 11) is 0. The van der Waals surface area contributed by atoms with E-state index in [1.165, 1.54) is 0 Å². The van der Waals surface area contributed by atoms with Crippen LogP contribution in [0, 0.1) is 0 Å². The number of carbonyl (C=O) groups excluding carboxylic acids is 1. The fourth-order valence-electron chi connectivity index (χ4n) is 4.10. The first-order valence-electron chi connectivity index (χ1n) is 10.00. The number of ether oxygens (including phenoxy) is 2. The Labute approximate surface area is 171 Å². The van der Waals surface area contributed by atoms with Gasteiger partial charge in [-0.25, -0.2) is 0 Å². The van der Waals surface area contributed by atoms with Gasteiger partial charge in [0, 0.05) is 14.4 Å². The predicted octanol–water partition coefficient (Wildman–Crippen LogP) is 4.63. The maximum atomic E-state index is 13.2. The molecule has 1 heterocycles. The Bertz CT molecular complexity index is 1070. The van der Waals surface area contributed by atoms with Crippen molar-refractivity contribution in [3.05, 3.63) is 83.4 Å². The highest BCUT2D eigenvalue weighted by Crippen LogP contribution is 2.51. The number of ketones is 1. The second kappa shape index (κ2) is 7.05. The van der Waals surface area contributed by atoms with E-state index in [-0.39, 0.29) is 19.4 Å². The van der Waals surface area contributed by atoms with E-state index in [9.17, 15) is 4.79 Å². The topological polar surface area (TPSA) is 61.6 Å². The molecule has 0 aromatic heterocycles. The van der Waals surface area contributed by atoms with Gasteiger partial charge in [0.2, 0.25) is 6.79 Å². The first kappa shape index (κ1) is 18.0. The Morgan fingerprint density at radius 1 is 0.897 bits per heavy atom. The molecule has 4 heteroatoms. The normalized spacial score (nSPS) is 15.9. The monoisotopic (exact) mass is 387 g/mol. The van der Waals surface area contributed by atoms with Crippen molar-refractivity contribution in [2.45, 2.75) is 31.2 Å². The largest absolute Gasteiger partial charge is 0.454 e. The van der Waals surface area contributed by atoms with Gasteiger partial charge < -0.3 is 15.2 Å². The van der Waals surface area contributed by atoms with E-state index in [1.54, 1.807) is 0 Å². The van der Waals surface area contributed by atoms with Gasteiger partial charge in [-0.2, -0.15) is 0 Å². The lowest BCUT2D eigenvalue weighted by molar-refractivity contribution is -0.120. The molecular formula is C25H25NO3. The Morgan fingerprint density at radius 3 is 2.45 bits per heavy atom. The lowest BCUT2D eigenvalue weighted by Gasteiger charge is -2.15. The Kier molecular flexibility index (Phi) is 4.36. The van der Waals surface area contributed by atoms with E-state index in [4.69, 9.17) is 15.2 Å².